The molecule has 148 valence electrons. The van der Waals surface area contributed by atoms with Gasteiger partial charge in [-0.3, -0.25) is 24.1 Å². The van der Waals surface area contributed by atoms with Gasteiger partial charge in [-0.05, 0) is 18.3 Å². The molecule has 0 unspecified atom stereocenters. The van der Waals surface area contributed by atoms with E-state index in [1.54, 1.807) is 30.3 Å². The third-order valence-corrected chi connectivity index (χ3v) is 9.28. The first-order valence-corrected chi connectivity index (χ1v) is 11.1. The standard InChI is InChI=1S/C20H19Br2NO5/c21-17-11-8-12(18(17)22)16-15(11)19(26)23(20(16)27)7-6-14(25)28-9-13(24)10-4-2-1-3-5-10/h1-5,11-12,15-18H,6-9H2/t11-,12-,15-,16+,17-,18+/m0/s1. The average molecular weight is 513 g/mol. The number of benzene rings is 1. The highest BCUT2D eigenvalue weighted by Gasteiger charge is 2.66. The minimum absolute atomic E-state index is 0.00235. The van der Waals surface area contributed by atoms with E-state index in [1.807, 2.05) is 0 Å². The topological polar surface area (TPSA) is 80.8 Å². The van der Waals surface area contributed by atoms with Crippen LogP contribution in [0, 0.1) is 23.7 Å². The molecule has 3 aliphatic rings. The maximum absolute atomic E-state index is 12.8. The Morgan fingerprint density at radius 3 is 2.14 bits per heavy atom. The second kappa shape index (κ2) is 7.71. The van der Waals surface area contributed by atoms with Gasteiger partial charge in [-0.1, -0.05) is 62.2 Å². The number of halogens is 2. The molecule has 0 radical (unpaired) electrons. The van der Waals surface area contributed by atoms with Crippen molar-refractivity contribution in [2.75, 3.05) is 13.2 Å². The zero-order valence-electron chi connectivity index (χ0n) is 14.9. The van der Waals surface area contributed by atoms with Gasteiger partial charge in [-0.2, -0.15) is 0 Å². The third-order valence-electron chi connectivity index (χ3n) is 6.08. The Morgan fingerprint density at radius 2 is 1.57 bits per heavy atom. The number of hydrogen-bond acceptors (Lipinski definition) is 5. The highest BCUT2D eigenvalue weighted by atomic mass is 79.9. The van der Waals surface area contributed by atoms with Gasteiger partial charge < -0.3 is 4.74 Å². The lowest BCUT2D eigenvalue weighted by Gasteiger charge is -2.28. The van der Waals surface area contributed by atoms with E-state index in [0.29, 0.717) is 5.56 Å². The molecule has 2 bridgehead atoms. The number of esters is 1. The number of Topliss-reactive ketones (excluding diaryl/α,β-unsaturated/α-hetero) is 1. The van der Waals surface area contributed by atoms with E-state index in [9.17, 15) is 19.2 Å². The number of ether oxygens (including phenoxy) is 1. The number of fused-ring (bicyclic) bond motifs is 5. The number of likely N-dealkylation sites (tertiary alicyclic amines) is 1. The number of hydrogen-bond donors (Lipinski definition) is 0. The predicted molar refractivity (Wildman–Crippen MR) is 107 cm³/mol. The van der Waals surface area contributed by atoms with Crippen molar-refractivity contribution in [3.05, 3.63) is 35.9 Å². The average Bonchev–Trinajstić information content (AvgIpc) is 3.30. The van der Waals surface area contributed by atoms with E-state index in [2.05, 4.69) is 31.9 Å². The van der Waals surface area contributed by atoms with Crippen LogP contribution in [0.25, 0.3) is 0 Å². The zero-order chi connectivity index (χ0) is 20.0. The maximum Gasteiger partial charge on any atom is 0.308 e. The second-order valence-electron chi connectivity index (χ2n) is 7.53. The maximum atomic E-state index is 12.8. The van der Waals surface area contributed by atoms with E-state index in [1.165, 1.54) is 4.90 Å². The Hall–Kier alpha value is -1.54. The number of nitrogens with zero attached hydrogens (tertiary/aromatic N) is 1. The quantitative estimate of drug-likeness (QED) is 0.253. The van der Waals surface area contributed by atoms with Gasteiger partial charge in [0.15, 0.2) is 12.4 Å². The van der Waals surface area contributed by atoms with Crippen LogP contribution in [0.1, 0.15) is 23.2 Å². The van der Waals surface area contributed by atoms with Crippen molar-refractivity contribution < 1.29 is 23.9 Å². The Kier molecular flexibility index (Phi) is 5.44. The first-order valence-electron chi connectivity index (χ1n) is 9.27. The fraction of sp³-hybridized carbons (Fsp3) is 0.500. The van der Waals surface area contributed by atoms with Crippen molar-refractivity contribution in [1.29, 1.82) is 0 Å². The number of carbonyl (C=O) groups is 4. The fourth-order valence-corrected chi connectivity index (χ4v) is 6.63. The Labute approximate surface area is 179 Å². The molecular weight excluding hydrogens is 494 g/mol. The zero-order valence-corrected chi connectivity index (χ0v) is 18.1. The van der Waals surface area contributed by atoms with E-state index >= 15 is 0 Å². The smallest absolute Gasteiger partial charge is 0.308 e. The summed E-state index contributed by atoms with van der Waals surface area (Å²) in [6.07, 6.45) is 0.764. The van der Waals surface area contributed by atoms with Gasteiger partial charge in [0.2, 0.25) is 11.8 Å². The van der Waals surface area contributed by atoms with Crippen LogP contribution in [-0.4, -0.2) is 51.3 Å². The molecule has 1 aliphatic heterocycles. The third kappa shape index (κ3) is 3.24. The number of amides is 2. The molecule has 2 saturated carbocycles. The lowest BCUT2D eigenvalue weighted by molar-refractivity contribution is -0.145. The largest absolute Gasteiger partial charge is 0.457 e. The molecule has 0 spiro atoms. The summed E-state index contributed by atoms with van der Waals surface area (Å²) < 4.78 is 5.02. The highest BCUT2D eigenvalue weighted by molar-refractivity contribution is 9.12. The monoisotopic (exact) mass is 511 g/mol. The van der Waals surface area contributed by atoms with Gasteiger partial charge in [0.25, 0.3) is 0 Å². The number of ketones is 1. The van der Waals surface area contributed by atoms with Crippen molar-refractivity contribution in [1.82, 2.24) is 4.90 Å². The molecule has 1 aromatic rings. The lowest BCUT2D eigenvalue weighted by Crippen LogP contribution is -2.37. The summed E-state index contributed by atoms with van der Waals surface area (Å²) >= 11 is 7.29. The molecule has 3 fully saturated rings. The predicted octanol–water partition coefficient (Wildman–Crippen LogP) is 2.58. The summed E-state index contributed by atoms with van der Waals surface area (Å²) in [6.45, 7) is -0.348. The summed E-state index contributed by atoms with van der Waals surface area (Å²) in [7, 11) is 0. The molecule has 0 N–H and O–H groups in total. The van der Waals surface area contributed by atoms with Crippen molar-refractivity contribution in [2.45, 2.75) is 22.5 Å². The van der Waals surface area contributed by atoms with Crippen LogP contribution in [0.3, 0.4) is 0 Å². The Morgan fingerprint density at radius 1 is 1.00 bits per heavy atom. The summed E-state index contributed by atoms with van der Waals surface area (Å²) in [4.78, 5) is 51.1. The first-order chi connectivity index (χ1) is 13.4. The Balaban J connectivity index is 1.31. The van der Waals surface area contributed by atoms with E-state index < -0.39 is 5.97 Å². The fourth-order valence-electron chi connectivity index (χ4n) is 4.76. The SMILES string of the molecule is O=C(CCN1C(=O)[C@@H]2[C@@H]3C[C@H]([C@H](Br)[C@@H]3Br)[C@@H]2C1=O)OCC(=O)c1ccccc1. The lowest BCUT2D eigenvalue weighted by atomic mass is 9.81. The van der Waals surface area contributed by atoms with Crippen LogP contribution < -0.4 is 0 Å². The summed E-state index contributed by atoms with van der Waals surface area (Å²) in [6, 6.07) is 8.57. The van der Waals surface area contributed by atoms with Crippen molar-refractivity contribution in [3.8, 4) is 0 Å². The van der Waals surface area contributed by atoms with Crippen LogP contribution in [-0.2, 0) is 19.1 Å². The number of imide groups is 1. The van der Waals surface area contributed by atoms with Crippen LogP contribution >= 0.6 is 31.9 Å². The molecule has 0 aromatic heterocycles. The molecular formula is C20H19Br2NO5. The summed E-state index contributed by atoms with van der Waals surface area (Å²) in [5.41, 5.74) is 0.470. The molecule has 8 heteroatoms. The van der Waals surface area contributed by atoms with E-state index in [0.717, 1.165) is 6.42 Å². The highest BCUT2D eigenvalue weighted by Crippen LogP contribution is 2.60. The van der Waals surface area contributed by atoms with Gasteiger partial charge in [0, 0.05) is 21.8 Å². The number of rotatable bonds is 6. The molecule has 2 aliphatic carbocycles. The molecule has 6 nitrogen and oxygen atoms in total. The first kappa shape index (κ1) is 19.8. The Bertz CT molecular complexity index is 797. The van der Waals surface area contributed by atoms with Gasteiger partial charge in [-0.25, -0.2) is 0 Å². The van der Waals surface area contributed by atoms with Crippen molar-refractivity contribution >= 4 is 55.4 Å². The number of carbonyl (C=O) groups excluding carboxylic acids is 4. The van der Waals surface area contributed by atoms with Gasteiger partial charge >= 0.3 is 5.97 Å². The molecule has 6 atom stereocenters. The van der Waals surface area contributed by atoms with Gasteiger partial charge in [0.1, 0.15) is 0 Å². The molecule has 1 aromatic carbocycles. The van der Waals surface area contributed by atoms with Gasteiger partial charge in [0.05, 0.1) is 18.3 Å². The molecule has 28 heavy (non-hydrogen) atoms. The van der Waals surface area contributed by atoms with Crippen molar-refractivity contribution in [2.24, 2.45) is 23.7 Å². The minimum atomic E-state index is -0.596. The molecule has 2 amide bonds. The van der Waals surface area contributed by atoms with Crippen LogP contribution in [0.5, 0.6) is 0 Å². The number of alkyl halides is 2. The summed E-state index contributed by atoms with van der Waals surface area (Å²) in [5.74, 6) is -1.52. The summed E-state index contributed by atoms with van der Waals surface area (Å²) in [5, 5.41) is 0. The van der Waals surface area contributed by atoms with Crippen LogP contribution in [0.4, 0.5) is 0 Å². The van der Waals surface area contributed by atoms with E-state index in [-0.39, 0.29) is 70.5 Å². The van der Waals surface area contributed by atoms with Gasteiger partial charge in [-0.15, -0.1) is 0 Å². The minimum Gasteiger partial charge on any atom is -0.457 e. The van der Waals surface area contributed by atoms with Crippen LogP contribution in [0.2, 0.25) is 0 Å². The van der Waals surface area contributed by atoms with Crippen molar-refractivity contribution in [3.63, 3.8) is 0 Å². The molecule has 1 heterocycles. The second-order valence-corrected chi connectivity index (χ2v) is 9.65. The van der Waals surface area contributed by atoms with E-state index in [4.69, 9.17) is 4.74 Å². The normalized spacial score (nSPS) is 33.3. The molecule has 4 rings (SSSR count). The molecule has 1 saturated heterocycles. The van der Waals surface area contributed by atoms with Crippen LogP contribution in [0.15, 0.2) is 30.3 Å².